The second-order valence-electron chi connectivity index (χ2n) is 8.82. The number of nitrogens with zero attached hydrogens (tertiary/aromatic N) is 1. The second-order valence-corrected chi connectivity index (χ2v) is 10.6. The molecule has 3 N–H and O–H groups in total. The largest absolute Gasteiger partial charge is 0.480 e. The Kier molecular flexibility index (Phi) is 6.52. The zero-order valence-electron chi connectivity index (χ0n) is 18.3. The number of halogens is 2. The van der Waals surface area contributed by atoms with Crippen molar-refractivity contribution in [2.75, 3.05) is 13.2 Å². The van der Waals surface area contributed by atoms with Gasteiger partial charge in [-0.3, -0.25) is 4.79 Å². The average molecular weight is 471 g/mol. The number of rotatable bonds is 8. The molecule has 0 spiro atoms. The predicted molar refractivity (Wildman–Crippen MR) is 114 cm³/mol. The van der Waals surface area contributed by atoms with E-state index in [-0.39, 0.29) is 37.4 Å². The molecule has 1 heterocycles. The van der Waals surface area contributed by atoms with Gasteiger partial charge in [0.2, 0.25) is 10.0 Å². The van der Waals surface area contributed by atoms with Crippen molar-refractivity contribution in [3.63, 3.8) is 0 Å². The first-order valence-electron chi connectivity index (χ1n) is 10.3. The van der Waals surface area contributed by atoms with E-state index in [0.29, 0.717) is 28.1 Å². The van der Waals surface area contributed by atoms with Gasteiger partial charge in [-0.25, -0.2) is 21.9 Å². The number of aliphatic carboxylic acids is 1. The van der Waals surface area contributed by atoms with Crippen LogP contribution in [0.25, 0.3) is 0 Å². The van der Waals surface area contributed by atoms with Gasteiger partial charge in [0.15, 0.2) is 0 Å². The van der Waals surface area contributed by atoms with Gasteiger partial charge in [-0.2, -0.15) is 0 Å². The van der Waals surface area contributed by atoms with Crippen LogP contribution in [0.5, 0.6) is 0 Å². The van der Waals surface area contributed by atoms with E-state index in [4.69, 9.17) is 5.11 Å². The lowest BCUT2D eigenvalue weighted by molar-refractivity contribution is -0.137. The summed E-state index contributed by atoms with van der Waals surface area (Å²) in [6.45, 7) is 3.75. The number of aromatic nitrogens is 1. The molecule has 1 aromatic heterocycles. The molecule has 1 aliphatic carbocycles. The quantitative estimate of drug-likeness (QED) is 0.549. The molecule has 176 valence electrons. The molecule has 0 aliphatic heterocycles. The molecule has 0 saturated heterocycles. The highest BCUT2D eigenvalue weighted by Gasteiger charge is 2.51. The Morgan fingerprint density at radius 3 is 2.50 bits per heavy atom. The summed E-state index contributed by atoms with van der Waals surface area (Å²) in [5.41, 5.74) is 1.10. The topological polar surface area (TPSA) is 109 Å². The summed E-state index contributed by atoms with van der Waals surface area (Å²) < 4.78 is 59.1. The van der Waals surface area contributed by atoms with E-state index in [1.165, 1.54) is 19.9 Å². The molecule has 32 heavy (non-hydrogen) atoms. The summed E-state index contributed by atoms with van der Waals surface area (Å²) in [4.78, 5) is 11.5. The number of carboxylic acid groups (broad SMARTS) is 1. The number of alkyl halides is 2. The van der Waals surface area contributed by atoms with Crippen LogP contribution in [0, 0.1) is 12.3 Å². The Hall–Kier alpha value is -2.30. The normalized spacial score (nSPS) is 17.2. The van der Waals surface area contributed by atoms with Crippen LogP contribution in [-0.4, -0.2) is 48.2 Å². The third kappa shape index (κ3) is 4.44. The summed E-state index contributed by atoms with van der Waals surface area (Å²) in [5.74, 6) is -4.08. The van der Waals surface area contributed by atoms with E-state index in [1.54, 1.807) is 29.7 Å². The van der Waals surface area contributed by atoms with Crippen molar-refractivity contribution < 1.29 is 32.2 Å². The van der Waals surface area contributed by atoms with Crippen LogP contribution in [0.2, 0.25) is 0 Å². The molecule has 0 fully saturated rings. The average Bonchev–Trinajstić information content (AvgIpc) is 2.91. The predicted octanol–water partition coefficient (Wildman–Crippen LogP) is 2.50. The first-order valence-corrected chi connectivity index (χ1v) is 11.8. The molecule has 3 rings (SSSR count). The lowest BCUT2D eigenvalue weighted by atomic mass is 9.72. The van der Waals surface area contributed by atoms with Crippen molar-refractivity contribution in [3.05, 3.63) is 52.3 Å². The molecule has 2 aromatic rings. The number of aliphatic hydroxyl groups is 1. The Balaban J connectivity index is 2.14. The van der Waals surface area contributed by atoms with Crippen LogP contribution in [-0.2, 0) is 40.6 Å². The summed E-state index contributed by atoms with van der Waals surface area (Å²) in [6.07, 6.45) is -0.454. The fourth-order valence-corrected chi connectivity index (χ4v) is 5.54. The van der Waals surface area contributed by atoms with Gasteiger partial charge in [0.05, 0.1) is 11.5 Å². The third-order valence-corrected chi connectivity index (χ3v) is 7.77. The number of hydrogen-bond acceptors (Lipinski definition) is 4. The van der Waals surface area contributed by atoms with Crippen molar-refractivity contribution >= 4 is 16.0 Å². The maximum atomic E-state index is 14.9. The SMILES string of the molecule is Cc1c(Cc2ccccc2S(=O)(=O)NCCO)c2c(n1CC(=O)O)CC(C)(C)C(F)(F)C2. The first-order chi connectivity index (χ1) is 14.8. The molecule has 0 amide bonds. The smallest absolute Gasteiger partial charge is 0.323 e. The Labute approximate surface area is 186 Å². The van der Waals surface area contributed by atoms with Crippen LogP contribution in [0.15, 0.2) is 29.2 Å². The highest BCUT2D eigenvalue weighted by molar-refractivity contribution is 7.89. The number of nitrogens with one attached hydrogen (secondary N) is 1. The Morgan fingerprint density at radius 1 is 1.22 bits per heavy atom. The fourth-order valence-electron chi connectivity index (χ4n) is 4.29. The minimum Gasteiger partial charge on any atom is -0.480 e. The number of sulfonamides is 1. The zero-order valence-corrected chi connectivity index (χ0v) is 19.1. The fraction of sp³-hybridized carbons (Fsp3) is 0.500. The van der Waals surface area contributed by atoms with E-state index >= 15 is 0 Å². The summed E-state index contributed by atoms with van der Waals surface area (Å²) in [6, 6.07) is 6.25. The van der Waals surface area contributed by atoms with Crippen molar-refractivity contribution in [2.45, 2.75) is 57.4 Å². The number of carboxylic acids is 1. The van der Waals surface area contributed by atoms with E-state index in [0.717, 1.165) is 0 Å². The van der Waals surface area contributed by atoms with Gasteiger partial charge in [0.1, 0.15) is 6.54 Å². The molecule has 10 heteroatoms. The standard InChI is InChI=1S/C22H28F2N2O5S/c1-14-16(10-15-6-4-5-7-19(15)32(30,31)25-8-9-27)17-11-22(23,24)21(2,3)12-18(17)26(14)13-20(28)29/h4-7,25,27H,8-13H2,1-3H3,(H,28,29). The molecule has 0 atom stereocenters. The number of carbonyl (C=O) groups is 1. The van der Waals surface area contributed by atoms with Crippen molar-refractivity contribution in [3.8, 4) is 0 Å². The van der Waals surface area contributed by atoms with E-state index in [2.05, 4.69) is 4.72 Å². The van der Waals surface area contributed by atoms with Crippen LogP contribution >= 0.6 is 0 Å². The minimum absolute atomic E-state index is 0.00418. The molecule has 7 nitrogen and oxygen atoms in total. The molecular formula is C22H28F2N2O5S. The van der Waals surface area contributed by atoms with Crippen LogP contribution in [0.4, 0.5) is 8.78 Å². The van der Waals surface area contributed by atoms with Crippen molar-refractivity contribution in [1.82, 2.24) is 9.29 Å². The maximum absolute atomic E-state index is 14.9. The van der Waals surface area contributed by atoms with Gasteiger partial charge < -0.3 is 14.8 Å². The van der Waals surface area contributed by atoms with E-state index in [9.17, 15) is 27.1 Å². The summed E-state index contributed by atoms with van der Waals surface area (Å²) in [5, 5.41) is 18.3. The van der Waals surface area contributed by atoms with Crippen molar-refractivity contribution in [1.29, 1.82) is 0 Å². The number of aliphatic hydroxyl groups excluding tert-OH is 1. The minimum atomic E-state index is -3.92. The molecule has 1 aromatic carbocycles. The van der Waals surface area contributed by atoms with Gasteiger partial charge in [-0.1, -0.05) is 32.0 Å². The van der Waals surface area contributed by atoms with Gasteiger partial charge in [0.25, 0.3) is 5.92 Å². The lowest BCUT2D eigenvalue weighted by Crippen LogP contribution is -2.44. The number of hydrogen-bond donors (Lipinski definition) is 3. The highest BCUT2D eigenvalue weighted by atomic mass is 32.2. The summed E-state index contributed by atoms with van der Waals surface area (Å²) in [7, 11) is -3.92. The van der Waals surface area contributed by atoms with E-state index < -0.39 is 33.8 Å². The first kappa shape index (κ1) is 24.3. The number of benzene rings is 1. The maximum Gasteiger partial charge on any atom is 0.323 e. The Morgan fingerprint density at radius 2 is 1.88 bits per heavy atom. The molecule has 0 saturated carbocycles. The van der Waals surface area contributed by atoms with Crippen LogP contribution in [0.3, 0.4) is 0 Å². The van der Waals surface area contributed by atoms with Gasteiger partial charge in [-0.05, 0) is 36.1 Å². The van der Waals surface area contributed by atoms with Gasteiger partial charge in [0, 0.05) is 36.2 Å². The highest BCUT2D eigenvalue weighted by Crippen LogP contribution is 2.48. The third-order valence-electron chi connectivity index (χ3n) is 6.20. The zero-order chi connectivity index (χ0) is 23.9. The monoisotopic (exact) mass is 470 g/mol. The molecule has 0 unspecified atom stereocenters. The second kappa shape index (κ2) is 8.57. The van der Waals surface area contributed by atoms with E-state index in [1.807, 2.05) is 0 Å². The molecule has 0 bridgehead atoms. The van der Waals surface area contributed by atoms with Crippen LogP contribution in [0.1, 0.15) is 41.9 Å². The lowest BCUT2D eigenvalue weighted by Gasteiger charge is -2.39. The molecule has 0 radical (unpaired) electrons. The summed E-state index contributed by atoms with van der Waals surface area (Å²) >= 11 is 0. The van der Waals surface area contributed by atoms with Gasteiger partial charge >= 0.3 is 5.97 Å². The molecule has 1 aliphatic rings. The van der Waals surface area contributed by atoms with Crippen LogP contribution < -0.4 is 4.72 Å². The van der Waals surface area contributed by atoms with Gasteiger partial charge in [-0.15, -0.1) is 0 Å². The Bertz CT molecular complexity index is 1140. The number of fused-ring (bicyclic) bond motifs is 1. The molecular weight excluding hydrogens is 442 g/mol. The van der Waals surface area contributed by atoms with Crippen molar-refractivity contribution in [2.24, 2.45) is 5.41 Å².